The van der Waals surface area contributed by atoms with Crippen LogP contribution < -0.4 is 36.9 Å². The van der Waals surface area contributed by atoms with Crippen molar-refractivity contribution in [2.45, 2.75) is 103 Å². The van der Waals surface area contributed by atoms with Crippen molar-refractivity contribution in [3.63, 3.8) is 0 Å². The number of hydrogen-bond donors (Lipinski definition) is 5. The maximum Gasteiger partial charge on any atom is 0.409 e. The first-order valence-electron chi connectivity index (χ1n) is 25.7. The number of anilines is 1. The minimum Gasteiger partial charge on any atom is -0.491 e. The lowest BCUT2D eigenvalue weighted by Gasteiger charge is -2.41. The van der Waals surface area contributed by atoms with Gasteiger partial charge in [0, 0.05) is 37.7 Å². The number of nitrogen functional groups attached to an aromatic ring is 1. The van der Waals surface area contributed by atoms with E-state index >= 15 is 0 Å². The second-order valence-electron chi connectivity index (χ2n) is 20.5. The molecule has 1 aromatic heterocycles. The normalized spacial score (nSPS) is 18.1. The number of fused-ring (bicyclic) bond motifs is 2. The summed E-state index contributed by atoms with van der Waals surface area (Å²) in [6.45, 7) is 8.57. The van der Waals surface area contributed by atoms with Crippen molar-refractivity contribution in [1.29, 1.82) is 0 Å². The van der Waals surface area contributed by atoms with E-state index in [4.69, 9.17) is 30.4 Å². The molecular weight excluding hydrogens is 981 g/mol. The molecule has 0 radical (unpaired) electrons. The van der Waals surface area contributed by atoms with Gasteiger partial charge < -0.3 is 56.2 Å². The van der Waals surface area contributed by atoms with Crippen LogP contribution in [-0.2, 0) is 43.2 Å². The Kier molecular flexibility index (Phi) is 17.2. The Bertz CT molecular complexity index is 2930. The van der Waals surface area contributed by atoms with Crippen LogP contribution in [0.5, 0.6) is 17.2 Å². The number of benzene rings is 4. The van der Waals surface area contributed by atoms with Gasteiger partial charge in [0.05, 0.1) is 31.3 Å². The average Bonchev–Trinajstić information content (AvgIpc) is 3.83. The van der Waals surface area contributed by atoms with Gasteiger partial charge in [-0.15, -0.1) is 0 Å². The molecule has 7 N–H and O–H groups in total. The third-order valence-electron chi connectivity index (χ3n) is 14.2. The monoisotopic (exact) mass is 1050 g/mol. The lowest BCUT2D eigenvalue weighted by Crippen LogP contribution is -2.62. The summed E-state index contributed by atoms with van der Waals surface area (Å²) in [5.74, 6) is -2.64. The minimum atomic E-state index is -0.920. The summed E-state index contributed by atoms with van der Waals surface area (Å²) in [6, 6.07) is 20.1. The Morgan fingerprint density at radius 1 is 0.868 bits per heavy atom. The number of rotatable bonds is 18. The highest BCUT2D eigenvalue weighted by Crippen LogP contribution is 2.36. The van der Waals surface area contributed by atoms with Crippen LogP contribution in [0.1, 0.15) is 98.1 Å². The van der Waals surface area contributed by atoms with E-state index in [0.29, 0.717) is 30.7 Å². The Labute approximate surface area is 440 Å². The van der Waals surface area contributed by atoms with Gasteiger partial charge in [-0.1, -0.05) is 51.1 Å². The number of carbonyl (C=O) groups excluding carboxylic acids is 5. The minimum absolute atomic E-state index is 0.00756. The van der Waals surface area contributed by atoms with Crippen LogP contribution in [0.3, 0.4) is 0 Å². The first-order chi connectivity index (χ1) is 36.4. The van der Waals surface area contributed by atoms with Gasteiger partial charge in [-0.3, -0.25) is 19.2 Å². The van der Waals surface area contributed by atoms with E-state index in [1.165, 1.54) is 16.3 Å². The fourth-order valence-electron chi connectivity index (χ4n) is 9.96. The Balaban J connectivity index is 0.842. The van der Waals surface area contributed by atoms with Crippen molar-refractivity contribution in [2.75, 3.05) is 52.3 Å². The van der Waals surface area contributed by atoms with Crippen LogP contribution in [0.15, 0.2) is 84.9 Å². The van der Waals surface area contributed by atoms with E-state index in [-0.39, 0.29) is 98.3 Å². The van der Waals surface area contributed by atoms with E-state index in [0.717, 1.165) is 48.1 Å². The second-order valence-corrected chi connectivity index (χ2v) is 20.5. The van der Waals surface area contributed by atoms with Gasteiger partial charge in [-0.2, -0.15) is 5.10 Å². The number of hydrogen-bond acceptors (Lipinski definition) is 12. The summed E-state index contributed by atoms with van der Waals surface area (Å²) >= 11 is 0. The lowest BCUT2D eigenvalue weighted by molar-refractivity contribution is -0.147. The fraction of sp³-hybridized carbons (Fsp3) is 0.429. The van der Waals surface area contributed by atoms with Crippen molar-refractivity contribution in [2.24, 2.45) is 11.1 Å². The molecule has 3 heterocycles. The zero-order chi connectivity index (χ0) is 54.3. The van der Waals surface area contributed by atoms with E-state index in [2.05, 4.69) is 33.2 Å². The van der Waals surface area contributed by atoms with Crippen LogP contribution in [-0.4, -0.2) is 114 Å². The summed E-state index contributed by atoms with van der Waals surface area (Å²) in [5, 5.41) is 13.9. The number of likely N-dealkylation sites (tertiary alicyclic amines) is 1. The molecule has 4 aromatic carbocycles. The van der Waals surface area contributed by atoms with Gasteiger partial charge in [0.15, 0.2) is 11.6 Å². The smallest absolute Gasteiger partial charge is 0.409 e. The first-order valence-corrected chi connectivity index (χ1v) is 25.7. The molecule has 5 amide bonds. The number of nitrogens with two attached hydrogens (primary N) is 2. The van der Waals surface area contributed by atoms with E-state index < -0.39 is 53.2 Å². The van der Waals surface area contributed by atoms with Crippen LogP contribution >= 0.6 is 0 Å². The number of nitrogens with one attached hydrogen (secondary N) is 3. The van der Waals surface area contributed by atoms with Crippen molar-refractivity contribution >= 4 is 35.5 Å². The maximum atomic E-state index is 14.7. The van der Waals surface area contributed by atoms with Gasteiger partial charge in [0.25, 0.3) is 5.91 Å². The number of carbonyl (C=O) groups is 5. The molecule has 2 aliphatic heterocycles. The Hall–Kier alpha value is -7.58. The number of primary amides is 1. The standard InChI is InChI=1S/C56H67F2N9O9/c1-33(61-5)52(69)63-49(56(2,3)4)54(71)66-31-37-28-41(21-17-36(37)29-45(66)53(70)62-44-14-8-11-34-10-6-7-13-42(34)44)74-26-24-73-25-27-75-55(72)65-23-9-12-39(32-65)67-50(59)47(51(60)68)48(64-67)35-15-19-40(20-16-35)76-46-22-18-38(57)30-43(46)58/h6-7,10,13,15-22,28,30,33,39,44-45,49,61H,8-9,11-12,14,23-27,29,31-32,59H2,1-5H3,(H2,60,68)(H,62,70)(H,63,69). The summed E-state index contributed by atoms with van der Waals surface area (Å²) in [7, 11) is 1.68. The topological polar surface area (TPSA) is 235 Å². The first kappa shape index (κ1) is 54.7. The molecule has 76 heavy (non-hydrogen) atoms. The lowest BCUT2D eigenvalue weighted by atomic mass is 9.83. The molecule has 1 aliphatic carbocycles. The summed E-state index contributed by atoms with van der Waals surface area (Å²) in [5.41, 5.74) is 16.3. The molecule has 20 heteroatoms. The summed E-state index contributed by atoms with van der Waals surface area (Å²) in [6.07, 6.45) is 3.60. The van der Waals surface area contributed by atoms with Crippen molar-refractivity contribution in [3.8, 4) is 28.5 Å². The molecule has 18 nitrogen and oxygen atoms in total. The van der Waals surface area contributed by atoms with Gasteiger partial charge >= 0.3 is 6.09 Å². The predicted molar refractivity (Wildman–Crippen MR) is 279 cm³/mol. The van der Waals surface area contributed by atoms with Crippen LogP contribution in [0.4, 0.5) is 19.4 Å². The number of halogens is 2. The molecule has 5 aromatic rings. The third-order valence-corrected chi connectivity index (χ3v) is 14.2. The quantitative estimate of drug-likeness (QED) is 0.0573. The average molecular weight is 1050 g/mol. The largest absolute Gasteiger partial charge is 0.491 e. The molecule has 0 saturated carbocycles. The number of piperidine rings is 1. The van der Waals surface area contributed by atoms with E-state index in [9.17, 15) is 32.8 Å². The highest BCUT2D eigenvalue weighted by molar-refractivity contribution is 6.03. The summed E-state index contributed by atoms with van der Waals surface area (Å²) in [4.78, 5) is 71.4. The molecule has 0 bridgehead atoms. The SMILES string of the molecule is CNC(C)C(=O)NC(C(=O)N1Cc2cc(OCCOCCOC(=O)N3CCCC(n4nc(-c5ccc(Oc6ccc(F)cc6F)cc5)c(C(N)=O)c4N)C3)ccc2CC1C(=O)NC1CCCc2ccccc21)C(C)(C)C. The molecule has 1 fully saturated rings. The number of ether oxygens (including phenoxy) is 4. The van der Waals surface area contributed by atoms with Crippen molar-refractivity contribution in [1.82, 2.24) is 35.5 Å². The molecule has 3 aliphatic rings. The Morgan fingerprint density at radius 3 is 2.36 bits per heavy atom. The number of likely N-dealkylation sites (N-methyl/N-ethyl adjacent to an activating group) is 1. The van der Waals surface area contributed by atoms with Crippen molar-refractivity contribution < 1.29 is 51.7 Å². The van der Waals surface area contributed by atoms with E-state index in [1.54, 1.807) is 48.0 Å². The molecule has 8 rings (SSSR count). The third kappa shape index (κ3) is 12.7. The second kappa shape index (κ2) is 24.0. The molecule has 404 valence electrons. The maximum absolute atomic E-state index is 14.7. The molecule has 1 saturated heterocycles. The summed E-state index contributed by atoms with van der Waals surface area (Å²) < 4.78 is 52.0. The zero-order valence-electron chi connectivity index (χ0n) is 43.5. The van der Waals surface area contributed by atoms with Gasteiger partial charge in [-0.05, 0) is 122 Å². The van der Waals surface area contributed by atoms with Gasteiger partial charge in [0.1, 0.15) is 59.7 Å². The predicted octanol–water partition coefficient (Wildman–Crippen LogP) is 6.76. The Morgan fingerprint density at radius 2 is 1.62 bits per heavy atom. The highest BCUT2D eigenvalue weighted by Gasteiger charge is 2.43. The van der Waals surface area contributed by atoms with Crippen LogP contribution in [0, 0.1) is 17.0 Å². The number of amides is 5. The van der Waals surface area contributed by atoms with Crippen LogP contribution in [0.2, 0.25) is 0 Å². The number of aromatic nitrogens is 2. The van der Waals surface area contributed by atoms with Crippen LogP contribution in [0.25, 0.3) is 11.3 Å². The molecule has 0 spiro atoms. The van der Waals surface area contributed by atoms with Gasteiger partial charge in [-0.25, -0.2) is 18.3 Å². The van der Waals surface area contributed by atoms with Gasteiger partial charge in [0.2, 0.25) is 17.7 Å². The molecule has 5 atom stereocenters. The molecular formula is C56H67F2N9O9. The van der Waals surface area contributed by atoms with E-state index in [1.807, 2.05) is 51.1 Å². The van der Waals surface area contributed by atoms with Crippen molar-refractivity contribution in [3.05, 3.63) is 124 Å². The molecule has 5 unspecified atom stereocenters. The highest BCUT2D eigenvalue weighted by atomic mass is 19.1. The fourth-order valence-corrected chi connectivity index (χ4v) is 9.96. The number of nitrogens with zero attached hydrogens (tertiary/aromatic N) is 4. The number of aryl methyl sites for hydroxylation is 1. The zero-order valence-corrected chi connectivity index (χ0v) is 43.5.